The Balaban J connectivity index is 1.63. The molecule has 2 saturated heterocycles. The molecule has 2 heterocycles. The predicted octanol–water partition coefficient (Wildman–Crippen LogP) is 2.84. The van der Waals surface area contributed by atoms with Crippen LogP contribution in [-0.4, -0.2) is 41.9 Å². The fraction of sp³-hybridized carbons (Fsp3) is 0.500. The molecule has 0 radical (unpaired) electrons. The molecule has 0 aliphatic carbocycles. The molecule has 0 bridgehead atoms. The number of hydrogen-bond donors (Lipinski definition) is 0. The first-order chi connectivity index (χ1) is 11.0. The van der Waals surface area contributed by atoms with E-state index in [2.05, 4.69) is 4.85 Å². The normalized spacial score (nSPS) is 23.6. The molecule has 5 heteroatoms. The monoisotopic (exact) mass is 312 g/mol. The summed E-state index contributed by atoms with van der Waals surface area (Å²) in [5.41, 5.74) is 0.910. The van der Waals surface area contributed by atoms with Gasteiger partial charge in [-0.3, -0.25) is 9.59 Å². The Labute approximate surface area is 136 Å². The smallest absolute Gasteiger partial charge is 0.253 e. The van der Waals surface area contributed by atoms with E-state index in [0.29, 0.717) is 24.3 Å². The number of carbonyl (C=O) groups excluding carboxylic acids is 2. The first kappa shape index (κ1) is 15.7. The van der Waals surface area contributed by atoms with E-state index in [-0.39, 0.29) is 29.8 Å². The number of ether oxygens (including phenoxy) is 1. The average Bonchev–Trinajstić information content (AvgIpc) is 2.59. The van der Waals surface area contributed by atoms with Crippen molar-refractivity contribution >= 4 is 17.4 Å². The van der Waals surface area contributed by atoms with Crippen LogP contribution in [-0.2, 0) is 9.53 Å². The Morgan fingerprint density at radius 3 is 2.52 bits per heavy atom. The van der Waals surface area contributed by atoms with Crippen LogP contribution in [0.15, 0.2) is 24.3 Å². The Morgan fingerprint density at radius 1 is 1.30 bits per heavy atom. The maximum absolute atomic E-state index is 12.5. The number of hydrogen-bond acceptors (Lipinski definition) is 3. The van der Waals surface area contributed by atoms with Crippen LogP contribution >= 0.6 is 0 Å². The molecule has 120 valence electrons. The van der Waals surface area contributed by atoms with E-state index in [1.165, 1.54) is 0 Å². The second-order valence-electron chi connectivity index (χ2n) is 6.49. The van der Waals surface area contributed by atoms with Gasteiger partial charge < -0.3 is 9.64 Å². The number of amides is 1. The van der Waals surface area contributed by atoms with E-state index in [1.54, 1.807) is 24.3 Å². The minimum Gasteiger partial charge on any atom is -0.367 e. The zero-order valence-corrected chi connectivity index (χ0v) is 13.2. The molecular weight excluding hydrogens is 292 g/mol. The number of nitrogens with zero attached hydrogens (tertiary/aromatic N) is 2. The summed E-state index contributed by atoms with van der Waals surface area (Å²) in [5, 5.41) is 0. The highest BCUT2D eigenvalue weighted by atomic mass is 16.5. The van der Waals surface area contributed by atoms with E-state index in [1.807, 2.05) is 11.8 Å². The summed E-state index contributed by atoms with van der Waals surface area (Å²) < 4.78 is 5.83. The zero-order chi connectivity index (χ0) is 16.4. The third kappa shape index (κ3) is 3.13. The van der Waals surface area contributed by atoms with Gasteiger partial charge in [-0.25, -0.2) is 4.85 Å². The minimum atomic E-state index is -0.238. The van der Waals surface area contributed by atoms with Gasteiger partial charge >= 0.3 is 0 Å². The van der Waals surface area contributed by atoms with Gasteiger partial charge in [-0.2, -0.15) is 0 Å². The van der Waals surface area contributed by atoms with Crippen LogP contribution < -0.4 is 0 Å². The lowest BCUT2D eigenvalue weighted by atomic mass is 9.79. The Morgan fingerprint density at radius 2 is 1.96 bits per heavy atom. The molecule has 2 aliphatic heterocycles. The van der Waals surface area contributed by atoms with Crippen molar-refractivity contribution in [3.8, 4) is 0 Å². The van der Waals surface area contributed by atoms with Crippen LogP contribution in [0.25, 0.3) is 4.85 Å². The first-order valence-corrected chi connectivity index (χ1v) is 7.96. The van der Waals surface area contributed by atoms with Crippen molar-refractivity contribution in [1.82, 2.24) is 4.90 Å². The van der Waals surface area contributed by atoms with Gasteiger partial charge in [0.1, 0.15) is 6.61 Å². The largest absolute Gasteiger partial charge is 0.367 e. The van der Waals surface area contributed by atoms with Gasteiger partial charge in [0.25, 0.3) is 5.91 Å². The summed E-state index contributed by atoms with van der Waals surface area (Å²) in [6, 6.07) is 6.75. The first-order valence-electron chi connectivity index (χ1n) is 7.96. The van der Waals surface area contributed by atoms with Gasteiger partial charge in [0, 0.05) is 24.6 Å². The maximum atomic E-state index is 12.5. The number of likely N-dealkylation sites (tertiary alicyclic amines) is 1. The second kappa shape index (κ2) is 6.13. The second-order valence-corrected chi connectivity index (χ2v) is 6.49. The van der Waals surface area contributed by atoms with Gasteiger partial charge in [-0.1, -0.05) is 31.2 Å². The van der Waals surface area contributed by atoms with Crippen LogP contribution in [0.1, 0.15) is 36.5 Å². The summed E-state index contributed by atoms with van der Waals surface area (Å²) in [6.45, 7) is 10.4. The van der Waals surface area contributed by atoms with Crippen LogP contribution in [0, 0.1) is 12.5 Å². The summed E-state index contributed by atoms with van der Waals surface area (Å²) in [6.07, 6.45) is 2.31. The van der Waals surface area contributed by atoms with Crippen molar-refractivity contribution in [1.29, 1.82) is 0 Å². The van der Waals surface area contributed by atoms with Crippen molar-refractivity contribution in [2.24, 2.45) is 5.92 Å². The maximum Gasteiger partial charge on any atom is 0.253 e. The van der Waals surface area contributed by atoms with Gasteiger partial charge in [-0.15, -0.1) is 0 Å². The lowest BCUT2D eigenvalue weighted by Gasteiger charge is -2.45. The molecule has 1 atom stereocenters. The van der Waals surface area contributed by atoms with Crippen molar-refractivity contribution in [3.63, 3.8) is 0 Å². The SMILES string of the molecule is [C-]#[N+]c1ccc(C(=O)N2CCC3(CC2)CC(C)C(=O)CO3)cc1. The Hall–Kier alpha value is -2.19. The Bertz CT molecular complexity index is 652. The standard InChI is InChI=1S/C18H20N2O3/c1-13-11-18(23-12-16(13)21)7-9-20(10-8-18)17(22)14-3-5-15(19-2)6-4-14/h3-6,13H,7-12H2,1H3. The molecule has 5 nitrogen and oxygen atoms in total. The van der Waals surface area contributed by atoms with Gasteiger partial charge in [0.15, 0.2) is 11.5 Å². The molecule has 3 rings (SSSR count). The fourth-order valence-corrected chi connectivity index (χ4v) is 3.42. The number of benzene rings is 1. The highest BCUT2D eigenvalue weighted by molar-refractivity contribution is 5.94. The molecule has 2 aliphatic rings. The van der Waals surface area contributed by atoms with Crippen molar-refractivity contribution in [2.75, 3.05) is 19.7 Å². The summed E-state index contributed by atoms with van der Waals surface area (Å²) in [7, 11) is 0. The van der Waals surface area contributed by atoms with Crippen molar-refractivity contribution in [3.05, 3.63) is 41.2 Å². The lowest BCUT2D eigenvalue weighted by molar-refractivity contribution is -0.156. The topological polar surface area (TPSA) is 51.0 Å². The van der Waals surface area contributed by atoms with Crippen LogP contribution in [0.2, 0.25) is 0 Å². The van der Waals surface area contributed by atoms with E-state index >= 15 is 0 Å². The number of ketones is 1. The minimum absolute atomic E-state index is 0.00341. The Kier molecular flexibility index (Phi) is 4.18. The average molecular weight is 312 g/mol. The molecule has 1 aromatic carbocycles. The van der Waals surface area contributed by atoms with E-state index in [9.17, 15) is 9.59 Å². The zero-order valence-electron chi connectivity index (χ0n) is 13.2. The molecule has 1 unspecified atom stereocenters. The quantitative estimate of drug-likeness (QED) is 0.749. The van der Waals surface area contributed by atoms with E-state index in [4.69, 9.17) is 11.3 Å². The van der Waals surface area contributed by atoms with Crippen molar-refractivity contribution in [2.45, 2.75) is 31.8 Å². The van der Waals surface area contributed by atoms with Gasteiger partial charge in [0.2, 0.25) is 0 Å². The molecular formula is C18H20N2O3. The van der Waals surface area contributed by atoms with Crippen LogP contribution in [0.3, 0.4) is 0 Å². The molecule has 0 saturated carbocycles. The molecule has 1 aromatic rings. The van der Waals surface area contributed by atoms with Crippen LogP contribution in [0.4, 0.5) is 5.69 Å². The predicted molar refractivity (Wildman–Crippen MR) is 85.3 cm³/mol. The number of piperidine rings is 1. The highest BCUT2D eigenvalue weighted by Crippen LogP contribution is 2.36. The number of carbonyl (C=O) groups is 2. The summed E-state index contributed by atoms with van der Waals surface area (Å²) in [5.74, 6) is 0.220. The lowest BCUT2D eigenvalue weighted by Crippen LogP contribution is -2.52. The van der Waals surface area contributed by atoms with E-state index in [0.717, 1.165) is 19.3 Å². The number of rotatable bonds is 1. The molecule has 2 fully saturated rings. The summed E-state index contributed by atoms with van der Waals surface area (Å²) in [4.78, 5) is 29.3. The fourth-order valence-electron chi connectivity index (χ4n) is 3.42. The summed E-state index contributed by atoms with van der Waals surface area (Å²) >= 11 is 0. The van der Waals surface area contributed by atoms with E-state index < -0.39 is 0 Å². The molecule has 1 amide bonds. The molecule has 0 aromatic heterocycles. The molecule has 23 heavy (non-hydrogen) atoms. The molecule has 1 spiro atoms. The number of Topliss-reactive ketones (excluding diaryl/α,β-unsaturated/α-hetero) is 1. The third-order valence-corrected chi connectivity index (χ3v) is 4.95. The highest BCUT2D eigenvalue weighted by Gasteiger charge is 2.42. The van der Waals surface area contributed by atoms with Gasteiger partial charge in [0.05, 0.1) is 12.2 Å². The van der Waals surface area contributed by atoms with Crippen LogP contribution in [0.5, 0.6) is 0 Å². The van der Waals surface area contributed by atoms with Gasteiger partial charge in [-0.05, 0) is 19.3 Å². The third-order valence-electron chi connectivity index (χ3n) is 4.95. The molecule has 0 N–H and O–H groups in total. The van der Waals surface area contributed by atoms with Crippen molar-refractivity contribution < 1.29 is 14.3 Å².